The highest BCUT2D eigenvalue weighted by molar-refractivity contribution is 7.92. The number of halogens is 1. The number of sulfonamides is 1. The Labute approximate surface area is 116 Å². The number of nitrogens with one attached hydrogen (secondary N) is 1. The Morgan fingerprint density at radius 2 is 2.00 bits per heavy atom. The van der Waals surface area contributed by atoms with E-state index in [0.717, 1.165) is 0 Å². The van der Waals surface area contributed by atoms with Gasteiger partial charge in [0.05, 0.1) is 5.69 Å². The highest BCUT2D eigenvalue weighted by Crippen LogP contribution is 2.24. The van der Waals surface area contributed by atoms with Crippen molar-refractivity contribution in [2.75, 3.05) is 10.5 Å². The fourth-order valence-electron chi connectivity index (χ4n) is 1.56. The molecule has 0 amide bonds. The smallest absolute Gasteiger partial charge is 0.265 e. The van der Waals surface area contributed by atoms with Gasteiger partial charge in [0, 0.05) is 10.7 Å². The van der Waals surface area contributed by atoms with Crippen molar-refractivity contribution < 1.29 is 8.42 Å². The van der Waals surface area contributed by atoms with E-state index in [1.165, 1.54) is 18.2 Å². The highest BCUT2D eigenvalue weighted by atomic mass is 35.5. The van der Waals surface area contributed by atoms with Crippen molar-refractivity contribution in [2.45, 2.75) is 11.8 Å². The van der Waals surface area contributed by atoms with Gasteiger partial charge in [0.1, 0.15) is 10.7 Å². The summed E-state index contributed by atoms with van der Waals surface area (Å²) in [7, 11) is -3.77. The molecule has 3 N–H and O–H groups in total. The molecule has 0 aliphatic carbocycles. The van der Waals surface area contributed by atoms with Gasteiger partial charge in [0.2, 0.25) is 0 Å². The summed E-state index contributed by atoms with van der Waals surface area (Å²) in [6.45, 7) is 1.77. The maximum Gasteiger partial charge on any atom is 0.265 e. The van der Waals surface area contributed by atoms with Gasteiger partial charge in [0.15, 0.2) is 0 Å². The van der Waals surface area contributed by atoms with Crippen LogP contribution in [0.2, 0.25) is 5.02 Å². The Morgan fingerprint density at radius 1 is 1.26 bits per heavy atom. The van der Waals surface area contributed by atoms with E-state index < -0.39 is 10.0 Å². The Kier molecular flexibility index (Phi) is 3.64. The van der Waals surface area contributed by atoms with Gasteiger partial charge in [-0.3, -0.25) is 4.72 Å². The molecule has 0 radical (unpaired) electrons. The molecule has 0 atom stereocenters. The number of hydrogen-bond acceptors (Lipinski definition) is 4. The molecule has 1 aromatic carbocycles. The summed E-state index contributed by atoms with van der Waals surface area (Å²) in [5, 5.41) is 0.380. The number of nitrogens with two attached hydrogens (primary N) is 1. The summed E-state index contributed by atoms with van der Waals surface area (Å²) in [4.78, 5) is 4.05. The molecule has 0 unspecified atom stereocenters. The number of aryl methyl sites for hydroxylation is 1. The predicted octanol–water partition coefficient (Wildman–Crippen LogP) is 2.43. The average Bonchev–Trinajstić information content (AvgIpc) is 2.27. The van der Waals surface area contributed by atoms with Crippen LogP contribution in [0.4, 0.5) is 11.5 Å². The van der Waals surface area contributed by atoms with Gasteiger partial charge >= 0.3 is 0 Å². The molecule has 0 saturated heterocycles. The third kappa shape index (κ3) is 3.15. The van der Waals surface area contributed by atoms with E-state index in [9.17, 15) is 8.42 Å². The number of hydrogen-bond donors (Lipinski definition) is 2. The van der Waals surface area contributed by atoms with E-state index in [1.807, 2.05) is 0 Å². The fraction of sp³-hybridized carbons (Fsp3) is 0.0833. The van der Waals surface area contributed by atoms with E-state index in [4.69, 9.17) is 17.3 Å². The van der Waals surface area contributed by atoms with Crippen molar-refractivity contribution >= 4 is 33.1 Å². The number of benzene rings is 1. The van der Waals surface area contributed by atoms with Crippen LogP contribution in [-0.2, 0) is 10.0 Å². The molecule has 19 heavy (non-hydrogen) atoms. The molecule has 7 heteroatoms. The number of nitrogen functional groups attached to an aromatic ring is 1. The van der Waals surface area contributed by atoms with Gasteiger partial charge in [-0.2, -0.15) is 0 Å². The summed E-state index contributed by atoms with van der Waals surface area (Å²) in [5.74, 6) is 0.245. The van der Waals surface area contributed by atoms with Crippen molar-refractivity contribution in [1.82, 2.24) is 4.98 Å². The van der Waals surface area contributed by atoms with Crippen LogP contribution in [0.15, 0.2) is 41.3 Å². The normalized spacial score (nSPS) is 11.3. The minimum atomic E-state index is -3.77. The van der Waals surface area contributed by atoms with Gasteiger partial charge in [0.25, 0.3) is 10.0 Å². The zero-order chi connectivity index (χ0) is 14.0. The molecule has 0 aliphatic rings. The van der Waals surface area contributed by atoms with E-state index >= 15 is 0 Å². The van der Waals surface area contributed by atoms with E-state index in [2.05, 4.69) is 9.71 Å². The third-order valence-corrected chi connectivity index (χ3v) is 4.05. The standard InChI is InChI=1S/C12H12ClN3O2S/c1-8-3-2-4-12(15-8)16-19(17,18)11-6-5-9(13)7-10(11)14/h2-7H,14H2,1H3,(H,15,16). The lowest BCUT2D eigenvalue weighted by atomic mass is 10.3. The second-order valence-electron chi connectivity index (χ2n) is 3.95. The van der Waals surface area contributed by atoms with Crippen LogP contribution in [0.1, 0.15) is 5.69 Å². The Bertz CT molecular complexity index is 717. The van der Waals surface area contributed by atoms with Crippen molar-refractivity contribution in [3.8, 4) is 0 Å². The zero-order valence-electron chi connectivity index (χ0n) is 10.1. The van der Waals surface area contributed by atoms with Crippen LogP contribution < -0.4 is 10.5 Å². The molecule has 0 saturated carbocycles. The molecule has 0 aliphatic heterocycles. The minimum Gasteiger partial charge on any atom is -0.398 e. The zero-order valence-corrected chi connectivity index (χ0v) is 11.7. The first-order valence-electron chi connectivity index (χ1n) is 5.40. The van der Waals surface area contributed by atoms with E-state index in [1.54, 1.807) is 25.1 Å². The molecule has 100 valence electrons. The largest absolute Gasteiger partial charge is 0.398 e. The van der Waals surface area contributed by atoms with Crippen LogP contribution in [0.25, 0.3) is 0 Å². The SMILES string of the molecule is Cc1cccc(NS(=O)(=O)c2ccc(Cl)cc2N)n1. The quantitative estimate of drug-likeness (QED) is 0.852. The first kappa shape index (κ1) is 13.6. The lowest BCUT2D eigenvalue weighted by molar-refractivity contribution is 0.601. The van der Waals surface area contributed by atoms with Crippen LogP contribution >= 0.6 is 11.6 Å². The maximum atomic E-state index is 12.2. The third-order valence-electron chi connectivity index (χ3n) is 2.39. The number of aromatic nitrogens is 1. The van der Waals surface area contributed by atoms with Gasteiger partial charge < -0.3 is 5.73 Å². The number of pyridine rings is 1. The minimum absolute atomic E-state index is 0.0276. The Balaban J connectivity index is 2.38. The number of anilines is 2. The Hall–Kier alpha value is -1.79. The number of rotatable bonds is 3. The highest BCUT2D eigenvalue weighted by Gasteiger charge is 2.18. The second kappa shape index (κ2) is 5.07. The van der Waals surface area contributed by atoms with Crippen molar-refractivity contribution in [3.63, 3.8) is 0 Å². The molecule has 0 spiro atoms. The van der Waals surface area contributed by atoms with Crippen LogP contribution in [0.5, 0.6) is 0 Å². The lowest BCUT2D eigenvalue weighted by Gasteiger charge is -2.10. The molecule has 2 rings (SSSR count). The van der Waals surface area contributed by atoms with Crippen LogP contribution in [0.3, 0.4) is 0 Å². The first-order valence-corrected chi connectivity index (χ1v) is 7.26. The fourth-order valence-corrected chi connectivity index (χ4v) is 2.85. The molecule has 5 nitrogen and oxygen atoms in total. The van der Waals surface area contributed by atoms with E-state index in [0.29, 0.717) is 10.7 Å². The summed E-state index contributed by atoms with van der Waals surface area (Å²) in [6, 6.07) is 9.27. The molecule has 0 fully saturated rings. The lowest BCUT2D eigenvalue weighted by Crippen LogP contribution is -2.15. The molecule has 0 bridgehead atoms. The van der Waals surface area contributed by atoms with Crippen molar-refractivity contribution in [1.29, 1.82) is 0 Å². The topological polar surface area (TPSA) is 85.1 Å². The maximum absolute atomic E-state index is 12.2. The van der Waals surface area contributed by atoms with Crippen molar-refractivity contribution in [3.05, 3.63) is 47.1 Å². The van der Waals surface area contributed by atoms with Crippen LogP contribution in [0, 0.1) is 6.92 Å². The molecule has 1 aromatic heterocycles. The summed E-state index contributed by atoms with van der Waals surface area (Å²) in [6.07, 6.45) is 0. The van der Waals surface area contributed by atoms with Crippen molar-refractivity contribution in [2.24, 2.45) is 0 Å². The monoisotopic (exact) mass is 297 g/mol. The number of nitrogens with zero attached hydrogens (tertiary/aromatic N) is 1. The van der Waals surface area contributed by atoms with Gasteiger partial charge in [-0.05, 0) is 37.3 Å². The van der Waals surface area contributed by atoms with Gasteiger partial charge in [-0.1, -0.05) is 17.7 Å². The molecular formula is C12H12ClN3O2S. The molecular weight excluding hydrogens is 286 g/mol. The summed E-state index contributed by atoms with van der Waals surface area (Å²) >= 11 is 5.74. The molecule has 1 heterocycles. The average molecular weight is 298 g/mol. The van der Waals surface area contributed by atoms with Gasteiger partial charge in [-0.15, -0.1) is 0 Å². The summed E-state index contributed by atoms with van der Waals surface area (Å²) < 4.78 is 26.7. The summed E-state index contributed by atoms with van der Waals surface area (Å²) in [5.41, 5.74) is 6.47. The van der Waals surface area contributed by atoms with Gasteiger partial charge in [-0.25, -0.2) is 13.4 Å². The van der Waals surface area contributed by atoms with E-state index in [-0.39, 0.29) is 16.4 Å². The molecule has 2 aromatic rings. The predicted molar refractivity (Wildman–Crippen MR) is 75.6 cm³/mol. The second-order valence-corrected chi connectivity index (χ2v) is 6.04. The van der Waals surface area contributed by atoms with Crippen LogP contribution in [-0.4, -0.2) is 13.4 Å². The first-order chi connectivity index (χ1) is 8.88. The Morgan fingerprint density at radius 3 is 2.63 bits per heavy atom.